The van der Waals surface area contributed by atoms with Crippen LogP contribution in [0.2, 0.25) is 0 Å². The Morgan fingerprint density at radius 1 is 1.12 bits per heavy atom. The van der Waals surface area contributed by atoms with Crippen molar-refractivity contribution in [2.75, 3.05) is 5.75 Å². The molecule has 0 spiro atoms. The molecule has 0 saturated carbocycles. The minimum Gasteiger partial charge on any atom is -0.337 e. The van der Waals surface area contributed by atoms with Gasteiger partial charge < -0.3 is 4.90 Å². The molecule has 1 aromatic carbocycles. The van der Waals surface area contributed by atoms with E-state index in [2.05, 4.69) is 15.2 Å². The molecule has 1 aliphatic rings. The first kappa shape index (κ1) is 23.3. The predicted molar refractivity (Wildman–Crippen MR) is 120 cm³/mol. The second-order valence-electron chi connectivity index (χ2n) is 8.15. The van der Waals surface area contributed by atoms with Crippen LogP contribution in [0.1, 0.15) is 38.7 Å². The Bertz CT molecular complexity index is 1110. The average Bonchev–Trinajstić information content (AvgIpc) is 3.22. The smallest absolute Gasteiger partial charge is 0.337 e. The van der Waals surface area contributed by atoms with Crippen LogP contribution < -0.4 is 0 Å². The van der Waals surface area contributed by atoms with Crippen molar-refractivity contribution in [1.82, 2.24) is 24.6 Å². The lowest BCUT2D eigenvalue weighted by Crippen LogP contribution is -2.48. The van der Waals surface area contributed by atoms with Gasteiger partial charge in [-0.3, -0.25) is 14.3 Å². The van der Waals surface area contributed by atoms with E-state index in [1.165, 1.54) is 17.8 Å². The number of likely N-dealkylation sites (tertiary alicyclic amines) is 1. The summed E-state index contributed by atoms with van der Waals surface area (Å²) in [6.45, 7) is 4.09. The number of thioether (sulfide) groups is 1. The summed E-state index contributed by atoms with van der Waals surface area (Å²) in [5.41, 5.74) is 0.107. The van der Waals surface area contributed by atoms with Gasteiger partial charge in [0.1, 0.15) is 0 Å². The van der Waals surface area contributed by atoms with Gasteiger partial charge in [-0.1, -0.05) is 17.8 Å². The third kappa shape index (κ3) is 5.05. The van der Waals surface area contributed by atoms with Gasteiger partial charge >= 0.3 is 6.18 Å². The number of pyridine rings is 1. The Kier molecular flexibility index (Phi) is 6.73. The van der Waals surface area contributed by atoms with Crippen molar-refractivity contribution < 1.29 is 18.0 Å². The van der Waals surface area contributed by atoms with Crippen molar-refractivity contribution in [1.29, 1.82) is 0 Å². The number of hydrogen-bond acceptors (Lipinski definition) is 5. The molecule has 33 heavy (non-hydrogen) atoms. The highest BCUT2D eigenvalue weighted by Gasteiger charge is 2.32. The van der Waals surface area contributed by atoms with E-state index in [4.69, 9.17) is 0 Å². The van der Waals surface area contributed by atoms with Crippen molar-refractivity contribution in [2.45, 2.75) is 56.5 Å². The molecule has 0 N–H and O–H groups in total. The molecule has 0 bridgehead atoms. The second-order valence-corrected chi connectivity index (χ2v) is 9.09. The fourth-order valence-corrected chi connectivity index (χ4v) is 5.03. The molecule has 174 valence electrons. The van der Waals surface area contributed by atoms with Gasteiger partial charge in [-0.15, -0.1) is 10.2 Å². The van der Waals surface area contributed by atoms with Crippen LogP contribution in [0.4, 0.5) is 13.2 Å². The molecule has 3 heterocycles. The number of benzene rings is 1. The molecular formula is C23H24F3N5OS. The zero-order valence-electron chi connectivity index (χ0n) is 18.3. The average molecular weight is 476 g/mol. The molecule has 4 rings (SSSR count). The van der Waals surface area contributed by atoms with Crippen LogP contribution in [0.25, 0.3) is 17.1 Å². The van der Waals surface area contributed by atoms with Gasteiger partial charge in [0.2, 0.25) is 5.91 Å². The summed E-state index contributed by atoms with van der Waals surface area (Å²) in [5, 5.41) is 8.78. The van der Waals surface area contributed by atoms with Crippen molar-refractivity contribution in [3.05, 3.63) is 54.4 Å². The van der Waals surface area contributed by atoms with Crippen molar-refractivity contribution in [3.63, 3.8) is 0 Å². The topological polar surface area (TPSA) is 63.9 Å². The highest BCUT2D eigenvalue weighted by molar-refractivity contribution is 7.99. The number of carbonyl (C=O) groups excluding carboxylic acids is 1. The van der Waals surface area contributed by atoms with Crippen LogP contribution in [0.15, 0.2) is 53.9 Å². The summed E-state index contributed by atoms with van der Waals surface area (Å²) in [6, 6.07) is 8.80. The van der Waals surface area contributed by atoms with Gasteiger partial charge in [0.25, 0.3) is 0 Å². The van der Waals surface area contributed by atoms with Crippen LogP contribution in [0.3, 0.4) is 0 Å². The van der Waals surface area contributed by atoms with Crippen molar-refractivity contribution in [2.24, 2.45) is 0 Å². The lowest BCUT2D eigenvalue weighted by Gasteiger charge is -2.39. The van der Waals surface area contributed by atoms with Gasteiger partial charge in [-0.2, -0.15) is 13.2 Å². The zero-order chi connectivity index (χ0) is 23.6. The maximum atomic E-state index is 13.4. The predicted octanol–water partition coefficient (Wildman–Crippen LogP) is 5.23. The number of nitrogens with zero attached hydrogens (tertiary/aromatic N) is 5. The highest BCUT2D eigenvalue weighted by Crippen LogP contribution is 2.33. The number of piperidine rings is 1. The maximum Gasteiger partial charge on any atom is 0.416 e. The third-order valence-corrected chi connectivity index (χ3v) is 6.70. The van der Waals surface area contributed by atoms with Crippen molar-refractivity contribution >= 4 is 17.7 Å². The zero-order valence-corrected chi connectivity index (χ0v) is 19.1. The Morgan fingerprint density at radius 3 is 2.55 bits per heavy atom. The molecule has 1 amide bonds. The summed E-state index contributed by atoms with van der Waals surface area (Å²) in [7, 11) is 0. The number of aromatic nitrogens is 4. The van der Waals surface area contributed by atoms with Crippen LogP contribution in [-0.2, 0) is 11.0 Å². The summed E-state index contributed by atoms with van der Waals surface area (Å²) in [4.78, 5) is 19.0. The lowest BCUT2D eigenvalue weighted by atomic mass is 9.98. The minimum absolute atomic E-state index is 0.0128. The normalized spacial score (nSPS) is 19.0. The molecule has 1 saturated heterocycles. The molecule has 3 aromatic rings. The van der Waals surface area contributed by atoms with Gasteiger partial charge in [-0.05, 0) is 63.4 Å². The van der Waals surface area contributed by atoms with Gasteiger partial charge in [0.05, 0.1) is 17.0 Å². The van der Waals surface area contributed by atoms with Crippen LogP contribution in [-0.4, -0.2) is 48.4 Å². The van der Waals surface area contributed by atoms with E-state index in [-0.39, 0.29) is 29.4 Å². The van der Waals surface area contributed by atoms with E-state index in [9.17, 15) is 18.0 Å². The Morgan fingerprint density at radius 2 is 1.88 bits per heavy atom. The number of carbonyl (C=O) groups is 1. The number of alkyl halides is 3. The minimum atomic E-state index is -4.48. The van der Waals surface area contributed by atoms with Gasteiger partial charge in [-0.25, -0.2) is 0 Å². The van der Waals surface area contributed by atoms with Gasteiger partial charge in [0.15, 0.2) is 11.0 Å². The third-order valence-electron chi connectivity index (χ3n) is 5.79. The largest absolute Gasteiger partial charge is 0.416 e. The van der Waals surface area contributed by atoms with Crippen LogP contribution >= 0.6 is 11.8 Å². The van der Waals surface area contributed by atoms with E-state index in [0.29, 0.717) is 16.5 Å². The monoisotopic (exact) mass is 475 g/mol. The summed E-state index contributed by atoms with van der Waals surface area (Å²) in [6.07, 6.45) is 1.72. The number of amides is 1. The fraction of sp³-hybridized carbons (Fsp3) is 0.391. The van der Waals surface area contributed by atoms with Crippen LogP contribution in [0, 0.1) is 0 Å². The molecular weight excluding hydrogens is 451 g/mol. The Hall–Kier alpha value is -2.88. The molecule has 10 heteroatoms. The number of rotatable bonds is 5. The van der Waals surface area contributed by atoms with E-state index in [1.807, 2.05) is 18.7 Å². The van der Waals surface area contributed by atoms with E-state index in [1.54, 1.807) is 35.2 Å². The fourth-order valence-electron chi connectivity index (χ4n) is 4.21. The molecule has 1 aliphatic heterocycles. The molecule has 0 radical (unpaired) electrons. The number of hydrogen-bond donors (Lipinski definition) is 0. The summed E-state index contributed by atoms with van der Waals surface area (Å²) < 4.78 is 41.6. The summed E-state index contributed by atoms with van der Waals surface area (Å²) >= 11 is 1.17. The molecule has 1 fully saturated rings. The van der Waals surface area contributed by atoms with E-state index < -0.39 is 11.7 Å². The second kappa shape index (κ2) is 9.54. The first-order chi connectivity index (χ1) is 15.8. The van der Waals surface area contributed by atoms with E-state index in [0.717, 1.165) is 31.4 Å². The molecule has 0 aliphatic carbocycles. The Labute approximate surface area is 194 Å². The quantitative estimate of drug-likeness (QED) is 0.473. The maximum absolute atomic E-state index is 13.4. The molecule has 2 aromatic heterocycles. The van der Waals surface area contributed by atoms with Crippen LogP contribution in [0.5, 0.6) is 0 Å². The first-order valence-electron chi connectivity index (χ1n) is 10.7. The highest BCUT2D eigenvalue weighted by atomic mass is 32.2. The molecule has 6 nitrogen and oxygen atoms in total. The first-order valence-corrected chi connectivity index (χ1v) is 11.7. The SMILES string of the molecule is C[C@H]1CCC[C@H](C)N1C(=O)CSc1nnc(-c2cccnc2)n1-c1cccc(C(F)(F)F)c1. The van der Waals surface area contributed by atoms with Gasteiger partial charge in [0, 0.05) is 30.0 Å². The molecule has 2 atom stereocenters. The van der Waals surface area contributed by atoms with Crippen molar-refractivity contribution in [3.8, 4) is 17.1 Å². The van der Waals surface area contributed by atoms with E-state index >= 15 is 0 Å². The molecule has 0 unspecified atom stereocenters. The standard InChI is InChI=1S/C23H24F3N5OS/c1-15-6-3-7-16(2)30(15)20(32)14-33-22-29-28-21(17-8-5-11-27-13-17)31(22)19-10-4-9-18(12-19)23(24,25)26/h4-5,8-13,15-16H,3,6-7,14H2,1-2H3/t15-,16-/m0/s1. The Balaban J connectivity index is 1.68. The summed E-state index contributed by atoms with van der Waals surface area (Å²) in [5.74, 6) is 0.469. The number of halogens is 3. The lowest BCUT2D eigenvalue weighted by molar-refractivity contribution is -0.137.